The topological polar surface area (TPSA) is 3.24 Å². The van der Waals surface area contributed by atoms with Crippen LogP contribution in [0.25, 0.3) is 0 Å². The predicted octanol–water partition coefficient (Wildman–Crippen LogP) is 3.83. The molecule has 0 saturated heterocycles. The van der Waals surface area contributed by atoms with Crippen LogP contribution in [0.15, 0.2) is 54.6 Å². The lowest BCUT2D eigenvalue weighted by atomic mass is 9.80. The highest BCUT2D eigenvalue weighted by molar-refractivity contribution is 7.80. The first-order chi connectivity index (χ1) is 9.20. The quantitative estimate of drug-likeness (QED) is 0.722. The van der Waals surface area contributed by atoms with Crippen LogP contribution in [-0.2, 0) is 0 Å². The highest BCUT2D eigenvalue weighted by Gasteiger charge is 2.33. The van der Waals surface area contributed by atoms with Crippen molar-refractivity contribution in [2.24, 2.45) is 0 Å². The summed E-state index contributed by atoms with van der Waals surface area (Å²) in [7, 11) is 2.10. The van der Waals surface area contributed by atoms with Crippen LogP contribution in [0.2, 0.25) is 0 Å². The molecule has 1 aliphatic rings. The van der Waals surface area contributed by atoms with Crippen LogP contribution in [0.1, 0.15) is 29.5 Å². The number of thiocarbonyl (C=S) groups is 1. The molecular formula is C17H17NS. The number of hydrogen-bond donors (Lipinski definition) is 0. The van der Waals surface area contributed by atoms with Crippen molar-refractivity contribution in [2.75, 3.05) is 7.05 Å². The molecular weight excluding hydrogens is 250 g/mol. The van der Waals surface area contributed by atoms with E-state index in [0.717, 1.165) is 4.99 Å². The Morgan fingerprint density at radius 1 is 0.947 bits per heavy atom. The van der Waals surface area contributed by atoms with Gasteiger partial charge in [-0.1, -0.05) is 66.8 Å². The van der Waals surface area contributed by atoms with Crippen molar-refractivity contribution in [1.82, 2.24) is 4.90 Å². The Labute approximate surface area is 119 Å². The fourth-order valence-corrected chi connectivity index (χ4v) is 3.29. The van der Waals surface area contributed by atoms with Gasteiger partial charge < -0.3 is 4.90 Å². The van der Waals surface area contributed by atoms with Crippen LogP contribution in [0.5, 0.6) is 0 Å². The molecule has 2 atom stereocenters. The van der Waals surface area contributed by atoms with Crippen molar-refractivity contribution in [3.05, 3.63) is 71.3 Å². The molecule has 0 aliphatic carbocycles. The lowest BCUT2D eigenvalue weighted by Gasteiger charge is -2.40. The van der Waals surface area contributed by atoms with E-state index >= 15 is 0 Å². The Hall–Kier alpha value is -1.67. The lowest BCUT2D eigenvalue weighted by Crippen LogP contribution is -2.43. The van der Waals surface area contributed by atoms with Gasteiger partial charge in [0.1, 0.15) is 4.99 Å². The maximum atomic E-state index is 5.59. The van der Waals surface area contributed by atoms with Gasteiger partial charge in [0.2, 0.25) is 0 Å². The van der Waals surface area contributed by atoms with Gasteiger partial charge in [-0.3, -0.25) is 0 Å². The van der Waals surface area contributed by atoms with Crippen molar-refractivity contribution in [3.63, 3.8) is 0 Å². The number of hydrogen-bond acceptors (Lipinski definition) is 1. The van der Waals surface area contributed by atoms with Crippen LogP contribution in [0.4, 0.5) is 0 Å². The average molecular weight is 267 g/mol. The number of nitrogens with zero attached hydrogens (tertiary/aromatic N) is 1. The Bertz CT molecular complexity index is 606. The monoisotopic (exact) mass is 267 g/mol. The molecule has 0 spiro atoms. The van der Waals surface area contributed by atoms with E-state index in [4.69, 9.17) is 12.2 Å². The van der Waals surface area contributed by atoms with Crippen molar-refractivity contribution in [2.45, 2.75) is 18.9 Å². The maximum Gasteiger partial charge on any atom is 0.109 e. The van der Waals surface area contributed by atoms with E-state index in [1.807, 2.05) is 0 Å². The zero-order chi connectivity index (χ0) is 13.4. The molecule has 0 radical (unpaired) electrons. The number of benzene rings is 2. The molecule has 0 fully saturated rings. The van der Waals surface area contributed by atoms with Crippen LogP contribution in [-0.4, -0.2) is 23.0 Å². The minimum absolute atomic E-state index is 0.379. The zero-order valence-electron chi connectivity index (χ0n) is 11.2. The lowest BCUT2D eigenvalue weighted by molar-refractivity contribution is 0.352. The molecule has 2 heteroatoms. The molecule has 19 heavy (non-hydrogen) atoms. The van der Waals surface area contributed by atoms with E-state index in [2.05, 4.69) is 73.5 Å². The van der Waals surface area contributed by atoms with Crippen molar-refractivity contribution < 1.29 is 0 Å². The second-order valence-corrected chi connectivity index (χ2v) is 5.52. The first-order valence-corrected chi connectivity index (χ1v) is 7.02. The summed E-state index contributed by atoms with van der Waals surface area (Å²) in [4.78, 5) is 3.17. The second-order valence-electron chi connectivity index (χ2n) is 5.13. The molecule has 0 N–H and O–H groups in total. The molecule has 3 rings (SSSR count). The standard InChI is InChI=1S/C17H17NS/c1-12-16(13-8-4-3-5-9-13)14-10-6-7-11-15(14)17(19)18(12)2/h3-12,16H,1-2H3. The van der Waals surface area contributed by atoms with E-state index in [-0.39, 0.29) is 0 Å². The molecule has 1 nitrogen and oxygen atoms in total. The smallest absolute Gasteiger partial charge is 0.109 e. The molecule has 0 bridgehead atoms. The van der Waals surface area contributed by atoms with Crippen molar-refractivity contribution in [3.8, 4) is 0 Å². The minimum Gasteiger partial charge on any atom is -0.362 e. The summed E-state index contributed by atoms with van der Waals surface area (Å²) < 4.78 is 0. The number of rotatable bonds is 1. The average Bonchev–Trinajstić information content (AvgIpc) is 2.46. The molecule has 2 aromatic carbocycles. The normalized spacial score (nSPS) is 22.2. The van der Waals surface area contributed by atoms with E-state index < -0.39 is 0 Å². The van der Waals surface area contributed by atoms with Gasteiger partial charge in [-0.25, -0.2) is 0 Å². The van der Waals surface area contributed by atoms with Gasteiger partial charge in [0.05, 0.1) is 0 Å². The summed E-state index contributed by atoms with van der Waals surface area (Å²) in [6.07, 6.45) is 0. The van der Waals surface area contributed by atoms with Crippen LogP contribution in [0.3, 0.4) is 0 Å². The van der Waals surface area contributed by atoms with Gasteiger partial charge >= 0.3 is 0 Å². The summed E-state index contributed by atoms with van der Waals surface area (Å²) in [6.45, 7) is 2.25. The molecule has 2 unspecified atom stereocenters. The van der Waals surface area contributed by atoms with Crippen molar-refractivity contribution in [1.29, 1.82) is 0 Å². The Morgan fingerprint density at radius 2 is 1.58 bits per heavy atom. The third kappa shape index (κ3) is 1.96. The number of likely N-dealkylation sites (N-methyl/N-ethyl adjacent to an activating group) is 1. The first-order valence-electron chi connectivity index (χ1n) is 6.61. The molecule has 1 aliphatic heterocycles. The predicted molar refractivity (Wildman–Crippen MR) is 83.7 cm³/mol. The molecule has 0 saturated carbocycles. The Kier molecular flexibility index (Phi) is 3.11. The van der Waals surface area contributed by atoms with Gasteiger partial charge in [-0.05, 0) is 18.1 Å². The fourth-order valence-electron chi connectivity index (χ4n) is 2.94. The SMILES string of the molecule is CC1C(c2ccccc2)c2ccccc2C(=S)N1C. The molecule has 96 valence electrons. The molecule has 0 amide bonds. The highest BCUT2D eigenvalue weighted by Crippen LogP contribution is 2.37. The van der Waals surface area contributed by atoms with E-state index in [9.17, 15) is 0 Å². The van der Waals surface area contributed by atoms with Gasteiger partial charge in [0, 0.05) is 24.6 Å². The summed E-state index contributed by atoms with van der Waals surface area (Å²) in [6, 6.07) is 19.6. The number of fused-ring (bicyclic) bond motifs is 1. The Balaban J connectivity index is 2.19. The summed E-state index contributed by atoms with van der Waals surface area (Å²) in [5.41, 5.74) is 3.91. The minimum atomic E-state index is 0.379. The summed E-state index contributed by atoms with van der Waals surface area (Å²) in [5.74, 6) is 0.383. The summed E-state index contributed by atoms with van der Waals surface area (Å²) >= 11 is 5.59. The third-order valence-corrected chi connectivity index (χ3v) is 4.61. The van der Waals surface area contributed by atoms with E-state index in [0.29, 0.717) is 12.0 Å². The van der Waals surface area contributed by atoms with Gasteiger partial charge in [-0.2, -0.15) is 0 Å². The van der Waals surface area contributed by atoms with Crippen LogP contribution in [0, 0.1) is 0 Å². The van der Waals surface area contributed by atoms with E-state index in [1.165, 1.54) is 16.7 Å². The van der Waals surface area contributed by atoms with Gasteiger partial charge in [-0.15, -0.1) is 0 Å². The molecule has 0 aromatic heterocycles. The fraction of sp³-hybridized carbons (Fsp3) is 0.235. The first kappa shape index (κ1) is 12.4. The van der Waals surface area contributed by atoms with Gasteiger partial charge in [0.15, 0.2) is 0 Å². The van der Waals surface area contributed by atoms with E-state index in [1.54, 1.807) is 0 Å². The van der Waals surface area contributed by atoms with Crippen molar-refractivity contribution >= 4 is 17.2 Å². The van der Waals surface area contributed by atoms with Crippen LogP contribution >= 0.6 is 12.2 Å². The maximum absolute atomic E-state index is 5.59. The highest BCUT2D eigenvalue weighted by atomic mass is 32.1. The second kappa shape index (κ2) is 4.78. The third-order valence-electron chi connectivity index (χ3n) is 4.10. The Morgan fingerprint density at radius 3 is 2.32 bits per heavy atom. The van der Waals surface area contributed by atoms with Crippen LogP contribution < -0.4 is 0 Å². The summed E-state index contributed by atoms with van der Waals surface area (Å²) in [5, 5.41) is 0. The zero-order valence-corrected chi connectivity index (χ0v) is 12.0. The molecule has 1 heterocycles. The van der Waals surface area contributed by atoms with Gasteiger partial charge in [0.25, 0.3) is 0 Å². The molecule has 2 aromatic rings. The largest absolute Gasteiger partial charge is 0.362 e.